The van der Waals surface area contributed by atoms with E-state index in [1.807, 2.05) is 44.7 Å². The number of amides is 1. The van der Waals surface area contributed by atoms with E-state index in [9.17, 15) is 9.90 Å². The first-order valence-electron chi connectivity index (χ1n) is 12.4. The third-order valence-corrected chi connectivity index (χ3v) is 6.65. The number of hydrogen-bond acceptors (Lipinski definition) is 4. The number of phenols is 1. The van der Waals surface area contributed by atoms with Crippen molar-refractivity contribution in [1.82, 2.24) is 15.1 Å². The van der Waals surface area contributed by atoms with Gasteiger partial charge in [0.05, 0.1) is 12.1 Å². The van der Waals surface area contributed by atoms with Crippen LogP contribution in [0.15, 0.2) is 36.4 Å². The van der Waals surface area contributed by atoms with Crippen LogP contribution in [-0.4, -0.2) is 45.4 Å². The molecule has 1 atom stereocenters. The number of carbonyl (C=O) groups is 1. The van der Waals surface area contributed by atoms with Crippen LogP contribution in [0.5, 0.6) is 5.75 Å². The molecule has 4 rings (SSSR count). The summed E-state index contributed by atoms with van der Waals surface area (Å²) in [5.74, 6) is 0.125. The number of rotatable bonds is 7. The molecule has 1 unspecified atom stereocenters. The molecule has 1 aromatic heterocycles. The van der Waals surface area contributed by atoms with Crippen LogP contribution >= 0.6 is 0 Å². The minimum Gasteiger partial charge on any atom is -0.507 e. The SMILES string of the molecule is Cc1cc(C)c(O)c(-c2n[nH]c3c2C(c2ccc(C(C)(C)C)cc2)N(CCCOC(C)C)C3=O)c1. The van der Waals surface area contributed by atoms with Crippen molar-refractivity contribution in [2.75, 3.05) is 13.2 Å². The molecule has 0 radical (unpaired) electrons. The molecule has 2 aromatic carbocycles. The lowest BCUT2D eigenvalue weighted by Gasteiger charge is -2.27. The molecule has 1 aliphatic heterocycles. The Kier molecular flexibility index (Phi) is 6.78. The smallest absolute Gasteiger partial charge is 0.273 e. The zero-order valence-corrected chi connectivity index (χ0v) is 21.9. The van der Waals surface area contributed by atoms with Crippen molar-refractivity contribution >= 4 is 5.91 Å². The number of aromatic nitrogens is 2. The average molecular weight is 476 g/mol. The van der Waals surface area contributed by atoms with Crippen LogP contribution in [-0.2, 0) is 10.2 Å². The Morgan fingerprint density at radius 1 is 1.14 bits per heavy atom. The number of nitrogens with one attached hydrogen (secondary N) is 1. The van der Waals surface area contributed by atoms with Gasteiger partial charge in [-0.3, -0.25) is 9.89 Å². The minimum absolute atomic E-state index is 0.0364. The molecular formula is C29H37N3O3. The van der Waals surface area contributed by atoms with E-state index in [4.69, 9.17) is 4.74 Å². The molecule has 2 N–H and O–H groups in total. The lowest BCUT2D eigenvalue weighted by Crippen LogP contribution is -2.31. The normalized spacial score (nSPS) is 15.8. The fraction of sp³-hybridized carbons (Fsp3) is 0.448. The second-order valence-electron chi connectivity index (χ2n) is 10.9. The van der Waals surface area contributed by atoms with Gasteiger partial charge < -0.3 is 14.7 Å². The first kappa shape index (κ1) is 25.0. The standard InChI is InChI=1S/C29H37N3O3/c1-17(2)35-14-8-13-32-26(20-9-11-21(12-10-20)29(5,6)7)23-24(30-31-25(23)28(32)34)22-16-18(3)15-19(4)27(22)33/h9-12,15-17,26,33H,8,13-14H2,1-7H3,(H,30,31). The molecule has 0 fully saturated rings. The van der Waals surface area contributed by atoms with Crippen LogP contribution in [0.2, 0.25) is 0 Å². The van der Waals surface area contributed by atoms with Crippen molar-refractivity contribution in [3.8, 4) is 17.0 Å². The summed E-state index contributed by atoms with van der Waals surface area (Å²) in [5, 5.41) is 18.4. The summed E-state index contributed by atoms with van der Waals surface area (Å²) in [6, 6.07) is 12.1. The summed E-state index contributed by atoms with van der Waals surface area (Å²) >= 11 is 0. The van der Waals surface area contributed by atoms with E-state index >= 15 is 0 Å². The van der Waals surface area contributed by atoms with Crippen molar-refractivity contribution in [3.05, 3.63) is 69.9 Å². The lowest BCUT2D eigenvalue weighted by atomic mass is 9.85. The van der Waals surface area contributed by atoms with E-state index in [2.05, 4.69) is 55.2 Å². The number of benzene rings is 2. The fourth-order valence-corrected chi connectivity index (χ4v) is 4.84. The van der Waals surface area contributed by atoms with Crippen LogP contribution in [0.3, 0.4) is 0 Å². The highest BCUT2D eigenvalue weighted by Gasteiger charge is 2.42. The molecule has 1 aliphatic rings. The molecular weight excluding hydrogens is 438 g/mol. The Balaban J connectivity index is 1.80. The number of carbonyl (C=O) groups excluding carboxylic acids is 1. The van der Waals surface area contributed by atoms with E-state index < -0.39 is 0 Å². The number of hydrogen-bond donors (Lipinski definition) is 2. The molecule has 0 bridgehead atoms. The van der Waals surface area contributed by atoms with Crippen LogP contribution < -0.4 is 0 Å². The highest BCUT2D eigenvalue weighted by Crippen LogP contribution is 2.45. The Hall–Kier alpha value is -3.12. The number of H-pyrrole nitrogens is 1. The monoisotopic (exact) mass is 475 g/mol. The molecule has 6 heteroatoms. The van der Waals surface area contributed by atoms with Crippen LogP contribution in [0.4, 0.5) is 0 Å². The Labute approximate surface area is 208 Å². The summed E-state index contributed by atoms with van der Waals surface area (Å²) in [6.07, 6.45) is 0.892. The number of fused-ring (bicyclic) bond motifs is 1. The predicted octanol–water partition coefficient (Wildman–Crippen LogP) is 6.06. The number of phenolic OH excluding ortho intramolecular Hbond substituents is 1. The lowest BCUT2D eigenvalue weighted by molar-refractivity contribution is 0.0601. The summed E-state index contributed by atoms with van der Waals surface area (Å²) in [7, 11) is 0. The number of nitrogens with zero attached hydrogens (tertiary/aromatic N) is 2. The molecule has 35 heavy (non-hydrogen) atoms. The van der Waals surface area contributed by atoms with Gasteiger partial charge in [0.25, 0.3) is 5.91 Å². The largest absolute Gasteiger partial charge is 0.507 e. The molecule has 186 valence electrons. The van der Waals surface area contributed by atoms with Crippen molar-refractivity contribution in [1.29, 1.82) is 0 Å². The number of aromatic amines is 1. The van der Waals surface area contributed by atoms with Crippen LogP contribution in [0.25, 0.3) is 11.3 Å². The number of aryl methyl sites for hydroxylation is 2. The molecule has 0 aliphatic carbocycles. The zero-order chi connectivity index (χ0) is 25.5. The summed E-state index contributed by atoms with van der Waals surface area (Å²) < 4.78 is 5.73. The van der Waals surface area contributed by atoms with Gasteiger partial charge in [-0.25, -0.2) is 0 Å². The molecule has 2 heterocycles. The van der Waals surface area contributed by atoms with Crippen LogP contribution in [0, 0.1) is 13.8 Å². The Morgan fingerprint density at radius 3 is 2.46 bits per heavy atom. The quantitative estimate of drug-likeness (QED) is 0.407. The van der Waals surface area contributed by atoms with Gasteiger partial charge in [0.1, 0.15) is 17.1 Å². The summed E-state index contributed by atoms with van der Waals surface area (Å²) in [6.45, 7) is 15.6. The van der Waals surface area contributed by atoms with Crippen molar-refractivity contribution < 1.29 is 14.6 Å². The van der Waals surface area contributed by atoms with Crippen molar-refractivity contribution in [2.24, 2.45) is 0 Å². The highest BCUT2D eigenvalue weighted by molar-refractivity contribution is 6.00. The van der Waals surface area contributed by atoms with Crippen molar-refractivity contribution in [3.63, 3.8) is 0 Å². The van der Waals surface area contributed by atoms with Gasteiger partial charge in [-0.2, -0.15) is 5.10 Å². The molecule has 1 amide bonds. The van der Waals surface area contributed by atoms with Crippen LogP contribution in [0.1, 0.15) is 85.4 Å². The molecule has 3 aromatic rings. The Bertz CT molecular complexity index is 1220. The zero-order valence-electron chi connectivity index (χ0n) is 21.9. The first-order chi connectivity index (χ1) is 16.5. The fourth-order valence-electron chi connectivity index (χ4n) is 4.84. The molecule has 6 nitrogen and oxygen atoms in total. The van der Waals surface area contributed by atoms with Gasteiger partial charge in [0.15, 0.2) is 0 Å². The van der Waals surface area contributed by atoms with Gasteiger partial charge in [-0.05, 0) is 67.9 Å². The van der Waals surface area contributed by atoms with Crippen molar-refractivity contribution in [2.45, 2.75) is 72.4 Å². The second-order valence-corrected chi connectivity index (χ2v) is 10.9. The van der Waals surface area contributed by atoms with Gasteiger partial charge in [0, 0.05) is 24.3 Å². The maximum Gasteiger partial charge on any atom is 0.273 e. The topological polar surface area (TPSA) is 78.5 Å². The van der Waals surface area contributed by atoms with E-state index in [0.29, 0.717) is 30.1 Å². The summed E-state index contributed by atoms with van der Waals surface area (Å²) in [5.41, 5.74) is 6.71. The van der Waals surface area contributed by atoms with Gasteiger partial charge in [-0.15, -0.1) is 0 Å². The van der Waals surface area contributed by atoms with Gasteiger partial charge >= 0.3 is 0 Å². The summed E-state index contributed by atoms with van der Waals surface area (Å²) in [4.78, 5) is 15.5. The average Bonchev–Trinajstić information content (AvgIpc) is 3.32. The van der Waals surface area contributed by atoms with E-state index in [1.54, 1.807) is 0 Å². The van der Waals surface area contributed by atoms with Gasteiger partial charge in [0.2, 0.25) is 0 Å². The predicted molar refractivity (Wildman–Crippen MR) is 139 cm³/mol. The van der Waals surface area contributed by atoms with E-state index in [1.165, 1.54) is 5.56 Å². The number of ether oxygens (including phenoxy) is 1. The molecule has 0 saturated heterocycles. The number of aromatic hydroxyl groups is 1. The minimum atomic E-state index is -0.292. The van der Waals surface area contributed by atoms with E-state index in [0.717, 1.165) is 28.7 Å². The third-order valence-electron chi connectivity index (χ3n) is 6.65. The van der Waals surface area contributed by atoms with Gasteiger partial charge in [-0.1, -0.05) is 51.1 Å². The van der Waals surface area contributed by atoms with E-state index in [-0.39, 0.29) is 29.2 Å². The molecule has 0 spiro atoms. The first-order valence-corrected chi connectivity index (χ1v) is 12.4. The second kappa shape index (κ2) is 9.50. The maximum absolute atomic E-state index is 13.5. The third kappa shape index (κ3) is 4.85. The maximum atomic E-state index is 13.5. The Morgan fingerprint density at radius 2 is 1.83 bits per heavy atom. The molecule has 0 saturated carbocycles. The highest BCUT2D eigenvalue weighted by atomic mass is 16.5.